The maximum absolute atomic E-state index is 13.1. The number of hydrogen-bond acceptors (Lipinski definition) is 5. The molecule has 1 saturated heterocycles. The Morgan fingerprint density at radius 2 is 1.73 bits per heavy atom. The second-order valence-corrected chi connectivity index (χ2v) is 6.53. The van der Waals surface area contributed by atoms with Crippen LogP contribution in [-0.4, -0.2) is 33.1 Å². The summed E-state index contributed by atoms with van der Waals surface area (Å²) in [6.45, 7) is 1.30. The summed E-state index contributed by atoms with van der Waals surface area (Å²) in [5.74, 6) is 0.491. The van der Waals surface area contributed by atoms with Gasteiger partial charge < -0.3 is 10.0 Å². The average molecular weight is 350 g/mol. The topological polar surface area (TPSA) is 62.1 Å². The van der Waals surface area contributed by atoms with Crippen molar-refractivity contribution >= 4 is 5.82 Å². The normalized spacial score (nSPS) is 16.5. The van der Waals surface area contributed by atoms with Crippen molar-refractivity contribution in [3.8, 4) is 11.3 Å². The Morgan fingerprint density at radius 3 is 2.42 bits per heavy atom. The van der Waals surface area contributed by atoms with Crippen LogP contribution >= 0.6 is 0 Å². The minimum absolute atomic E-state index is 0.294. The molecule has 1 N–H and O–H groups in total. The summed E-state index contributed by atoms with van der Waals surface area (Å²) in [5, 5.41) is 10.9. The highest BCUT2D eigenvalue weighted by Gasteiger charge is 2.34. The van der Waals surface area contributed by atoms with Gasteiger partial charge >= 0.3 is 0 Å². The zero-order valence-corrected chi connectivity index (χ0v) is 14.2. The van der Waals surface area contributed by atoms with Gasteiger partial charge in [-0.3, -0.25) is 9.97 Å². The standard InChI is InChI=1S/C20H19FN4O/c21-17-5-3-16(4-6-17)20(26)7-10-25(11-8-20)19-14-23-13-18(24-19)15-2-1-9-22-12-15/h1-6,9,12-14,26H,7-8,10-11H2. The molecule has 4 rings (SSSR count). The number of aromatic nitrogens is 3. The lowest BCUT2D eigenvalue weighted by Gasteiger charge is -2.39. The van der Waals surface area contributed by atoms with Gasteiger partial charge in [0.25, 0.3) is 0 Å². The lowest BCUT2D eigenvalue weighted by molar-refractivity contribution is 0.0116. The fourth-order valence-corrected chi connectivity index (χ4v) is 3.32. The number of nitrogens with zero attached hydrogens (tertiary/aromatic N) is 4. The van der Waals surface area contributed by atoms with E-state index < -0.39 is 5.60 Å². The molecule has 1 aliphatic heterocycles. The molecule has 3 heterocycles. The predicted molar refractivity (Wildman–Crippen MR) is 97.0 cm³/mol. The van der Waals surface area contributed by atoms with E-state index in [-0.39, 0.29) is 5.82 Å². The van der Waals surface area contributed by atoms with Crippen LogP contribution < -0.4 is 4.90 Å². The van der Waals surface area contributed by atoms with Crippen LogP contribution in [0.2, 0.25) is 0 Å². The zero-order chi connectivity index (χ0) is 18.0. The van der Waals surface area contributed by atoms with Crippen LogP contribution in [0.1, 0.15) is 18.4 Å². The number of anilines is 1. The molecule has 132 valence electrons. The molecule has 6 heteroatoms. The molecule has 0 spiro atoms. The van der Waals surface area contributed by atoms with Gasteiger partial charge in [0.1, 0.15) is 11.6 Å². The van der Waals surface area contributed by atoms with Crippen LogP contribution in [0.3, 0.4) is 0 Å². The number of halogens is 1. The minimum atomic E-state index is -0.932. The molecule has 26 heavy (non-hydrogen) atoms. The van der Waals surface area contributed by atoms with Crippen LogP contribution in [0.5, 0.6) is 0 Å². The first-order chi connectivity index (χ1) is 12.6. The lowest BCUT2D eigenvalue weighted by atomic mass is 9.84. The van der Waals surface area contributed by atoms with Gasteiger partial charge in [0.15, 0.2) is 0 Å². The van der Waals surface area contributed by atoms with Crippen molar-refractivity contribution in [2.45, 2.75) is 18.4 Å². The van der Waals surface area contributed by atoms with Crippen LogP contribution in [0.15, 0.2) is 61.2 Å². The van der Waals surface area contributed by atoms with E-state index in [1.54, 1.807) is 36.9 Å². The second-order valence-electron chi connectivity index (χ2n) is 6.53. The third kappa shape index (κ3) is 3.28. The molecule has 0 saturated carbocycles. The van der Waals surface area contributed by atoms with Gasteiger partial charge in [-0.1, -0.05) is 12.1 Å². The minimum Gasteiger partial charge on any atom is -0.385 e. The quantitative estimate of drug-likeness (QED) is 0.786. The number of pyridine rings is 1. The molecule has 3 aromatic rings. The Balaban J connectivity index is 1.51. The summed E-state index contributed by atoms with van der Waals surface area (Å²) in [7, 11) is 0. The van der Waals surface area contributed by atoms with E-state index in [9.17, 15) is 9.50 Å². The number of benzene rings is 1. The molecule has 1 fully saturated rings. The summed E-state index contributed by atoms with van der Waals surface area (Å²) in [5.41, 5.74) is 1.52. The van der Waals surface area contributed by atoms with Crippen LogP contribution in [0.25, 0.3) is 11.3 Å². The van der Waals surface area contributed by atoms with Gasteiger partial charge in [0, 0.05) is 31.0 Å². The number of hydrogen-bond donors (Lipinski definition) is 1. The molecule has 0 amide bonds. The van der Waals surface area contributed by atoms with E-state index in [2.05, 4.69) is 14.9 Å². The molecule has 0 atom stereocenters. The Bertz CT molecular complexity index is 878. The molecule has 0 unspecified atom stereocenters. The SMILES string of the molecule is OC1(c2ccc(F)cc2)CCN(c2cncc(-c3cccnc3)n2)CC1. The van der Waals surface area contributed by atoms with E-state index in [4.69, 9.17) is 4.98 Å². The van der Waals surface area contributed by atoms with Crippen LogP contribution in [0.4, 0.5) is 10.2 Å². The maximum atomic E-state index is 13.1. The van der Waals surface area contributed by atoms with Gasteiger partial charge in [-0.2, -0.15) is 0 Å². The van der Waals surface area contributed by atoms with Crippen molar-refractivity contribution in [3.63, 3.8) is 0 Å². The molecule has 2 aromatic heterocycles. The highest BCUT2D eigenvalue weighted by molar-refractivity contribution is 5.58. The van der Waals surface area contributed by atoms with Crippen molar-refractivity contribution < 1.29 is 9.50 Å². The Morgan fingerprint density at radius 1 is 0.962 bits per heavy atom. The second kappa shape index (κ2) is 6.80. The maximum Gasteiger partial charge on any atom is 0.147 e. The van der Waals surface area contributed by atoms with Crippen LogP contribution in [-0.2, 0) is 5.60 Å². The van der Waals surface area contributed by atoms with Crippen molar-refractivity contribution in [2.75, 3.05) is 18.0 Å². The first kappa shape index (κ1) is 16.6. The molecule has 1 aromatic carbocycles. The van der Waals surface area contributed by atoms with Gasteiger partial charge in [-0.15, -0.1) is 0 Å². The van der Waals surface area contributed by atoms with Crippen molar-refractivity contribution in [1.82, 2.24) is 15.0 Å². The highest BCUT2D eigenvalue weighted by Crippen LogP contribution is 2.34. The van der Waals surface area contributed by atoms with E-state index >= 15 is 0 Å². The molecule has 1 aliphatic rings. The van der Waals surface area contributed by atoms with Crippen molar-refractivity contribution in [1.29, 1.82) is 0 Å². The van der Waals surface area contributed by atoms with Crippen molar-refractivity contribution in [2.24, 2.45) is 0 Å². The smallest absolute Gasteiger partial charge is 0.147 e. The first-order valence-corrected chi connectivity index (χ1v) is 8.60. The van der Waals surface area contributed by atoms with Gasteiger partial charge in [-0.05, 0) is 42.7 Å². The molecule has 0 aliphatic carbocycles. The average Bonchev–Trinajstić information content (AvgIpc) is 2.70. The molecular formula is C20H19FN4O. The highest BCUT2D eigenvalue weighted by atomic mass is 19.1. The van der Waals surface area contributed by atoms with Gasteiger partial charge in [-0.25, -0.2) is 9.37 Å². The Kier molecular flexibility index (Phi) is 4.34. The summed E-state index contributed by atoms with van der Waals surface area (Å²) >= 11 is 0. The molecular weight excluding hydrogens is 331 g/mol. The van der Waals surface area contributed by atoms with Crippen LogP contribution in [0, 0.1) is 5.82 Å². The zero-order valence-electron chi connectivity index (χ0n) is 14.2. The number of piperidine rings is 1. The third-order valence-corrected chi connectivity index (χ3v) is 4.88. The van der Waals surface area contributed by atoms with E-state index in [0.717, 1.165) is 22.6 Å². The predicted octanol–water partition coefficient (Wildman–Crippen LogP) is 3.17. The first-order valence-electron chi connectivity index (χ1n) is 8.60. The monoisotopic (exact) mass is 350 g/mol. The largest absolute Gasteiger partial charge is 0.385 e. The number of rotatable bonds is 3. The fourth-order valence-electron chi connectivity index (χ4n) is 3.32. The van der Waals surface area contributed by atoms with E-state index in [1.807, 2.05) is 12.1 Å². The summed E-state index contributed by atoms with van der Waals surface area (Å²) < 4.78 is 13.1. The van der Waals surface area contributed by atoms with E-state index in [0.29, 0.717) is 25.9 Å². The summed E-state index contributed by atoms with van der Waals surface area (Å²) in [6, 6.07) is 9.92. The molecule has 0 bridgehead atoms. The summed E-state index contributed by atoms with van der Waals surface area (Å²) in [6.07, 6.45) is 8.05. The lowest BCUT2D eigenvalue weighted by Crippen LogP contribution is -2.43. The Labute approximate surface area is 151 Å². The van der Waals surface area contributed by atoms with Gasteiger partial charge in [0.05, 0.1) is 23.7 Å². The third-order valence-electron chi connectivity index (χ3n) is 4.88. The molecule has 5 nitrogen and oxygen atoms in total. The van der Waals surface area contributed by atoms with Crippen molar-refractivity contribution in [3.05, 3.63) is 72.6 Å². The fraction of sp³-hybridized carbons (Fsp3) is 0.250. The van der Waals surface area contributed by atoms with Gasteiger partial charge in [0.2, 0.25) is 0 Å². The Hall–Kier alpha value is -2.86. The number of aliphatic hydroxyl groups is 1. The van der Waals surface area contributed by atoms with E-state index in [1.165, 1.54) is 12.1 Å². The molecule has 0 radical (unpaired) electrons. The summed E-state index contributed by atoms with van der Waals surface area (Å²) in [4.78, 5) is 15.2.